The SMILES string of the molecule is CSc1cc(C(=O)N(C)C(C)CN)c(Cl)cc1Cl.Cl. The number of halogens is 3. The molecule has 3 nitrogen and oxygen atoms in total. The molecule has 0 radical (unpaired) electrons. The average molecular weight is 344 g/mol. The lowest BCUT2D eigenvalue weighted by molar-refractivity contribution is 0.0748. The summed E-state index contributed by atoms with van der Waals surface area (Å²) in [7, 11) is 1.71. The van der Waals surface area contributed by atoms with Gasteiger partial charge < -0.3 is 10.6 Å². The lowest BCUT2D eigenvalue weighted by Crippen LogP contribution is -2.39. The maximum atomic E-state index is 12.3. The number of benzene rings is 1. The number of amides is 1. The van der Waals surface area contributed by atoms with Crippen molar-refractivity contribution in [3.8, 4) is 0 Å². The summed E-state index contributed by atoms with van der Waals surface area (Å²) >= 11 is 13.6. The van der Waals surface area contributed by atoms with E-state index in [0.29, 0.717) is 22.2 Å². The van der Waals surface area contributed by atoms with E-state index in [0.717, 1.165) is 4.90 Å². The molecule has 1 unspecified atom stereocenters. The van der Waals surface area contributed by atoms with Gasteiger partial charge in [-0.25, -0.2) is 0 Å². The van der Waals surface area contributed by atoms with Gasteiger partial charge in [-0.15, -0.1) is 24.2 Å². The number of hydrogen-bond acceptors (Lipinski definition) is 3. The van der Waals surface area contributed by atoms with Gasteiger partial charge in [0.1, 0.15) is 0 Å². The second-order valence-corrected chi connectivity index (χ2v) is 5.63. The first kappa shape index (κ1) is 18.9. The van der Waals surface area contributed by atoms with Crippen molar-refractivity contribution in [1.29, 1.82) is 0 Å². The number of nitrogens with two attached hydrogens (primary N) is 1. The zero-order valence-corrected chi connectivity index (χ0v) is 14.1. The molecular formula is C12H17Cl3N2OS. The third-order valence-electron chi connectivity index (χ3n) is 2.79. The highest BCUT2D eigenvalue weighted by molar-refractivity contribution is 7.98. The van der Waals surface area contributed by atoms with Gasteiger partial charge in [-0.1, -0.05) is 23.2 Å². The molecule has 0 spiro atoms. The number of thioether (sulfide) groups is 1. The van der Waals surface area contributed by atoms with Crippen LogP contribution in [0.1, 0.15) is 17.3 Å². The first-order chi connectivity index (χ1) is 8.42. The summed E-state index contributed by atoms with van der Waals surface area (Å²) in [4.78, 5) is 14.7. The van der Waals surface area contributed by atoms with Gasteiger partial charge in [-0.3, -0.25) is 4.79 Å². The average Bonchev–Trinajstić information content (AvgIpc) is 2.36. The Labute approximate surface area is 134 Å². The van der Waals surface area contributed by atoms with Crippen LogP contribution in [0.4, 0.5) is 0 Å². The van der Waals surface area contributed by atoms with E-state index >= 15 is 0 Å². The smallest absolute Gasteiger partial charge is 0.255 e. The van der Waals surface area contributed by atoms with Crippen molar-refractivity contribution in [3.05, 3.63) is 27.7 Å². The molecule has 2 N–H and O–H groups in total. The Morgan fingerprint density at radius 2 is 2.00 bits per heavy atom. The van der Waals surface area contributed by atoms with Gasteiger partial charge in [-0.05, 0) is 25.3 Å². The number of likely N-dealkylation sites (N-methyl/N-ethyl adjacent to an activating group) is 1. The molecule has 0 saturated heterocycles. The van der Waals surface area contributed by atoms with Gasteiger partial charge >= 0.3 is 0 Å². The fourth-order valence-electron chi connectivity index (χ4n) is 1.40. The highest BCUT2D eigenvalue weighted by Crippen LogP contribution is 2.31. The molecule has 0 aromatic heterocycles. The van der Waals surface area contributed by atoms with E-state index in [9.17, 15) is 4.79 Å². The van der Waals surface area contributed by atoms with Crippen molar-refractivity contribution < 1.29 is 4.79 Å². The minimum atomic E-state index is -0.148. The predicted octanol–water partition coefficient (Wildman–Crippen LogP) is 3.56. The number of nitrogens with zero attached hydrogens (tertiary/aromatic N) is 1. The van der Waals surface area contributed by atoms with Crippen LogP contribution in [0.25, 0.3) is 0 Å². The second kappa shape index (κ2) is 8.22. The molecule has 1 atom stereocenters. The van der Waals surface area contributed by atoms with E-state index in [4.69, 9.17) is 28.9 Å². The summed E-state index contributed by atoms with van der Waals surface area (Å²) in [5.74, 6) is -0.148. The quantitative estimate of drug-likeness (QED) is 0.850. The van der Waals surface area contributed by atoms with E-state index in [1.165, 1.54) is 11.8 Å². The lowest BCUT2D eigenvalue weighted by atomic mass is 10.1. The molecule has 0 aliphatic carbocycles. The molecule has 1 rings (SSSR count). The molecule has 0 heterocycles. The van der Waals surface area contributed by atoms with Gasteiger partial charge in [-0.2, -0.15) is 0 Å². The normalized spacial score (nSPS) is 11.7. The first-order valence-electron chi connectivity index (χ1n) is 5.42. The summed E-state index contributed by atoms with van der Waals surface area (Å²) < 4.78 is 0. The van der Waals surface area contributed by atoms with E-state index < -0.39 is 0 Å². The van der Waals surface area contributed by atoms with Crippen LogP contribution < -0.4 is 5.73 Å². The van der Waals surface area contributed by atoms with Gasteiger partial charge in [0.2, 0.25) is 0 Å². The van der Waals surface area contributed by atoms with E-state index in [1.54, 1.807) is 24.1 Å². The molecule has 7 heteroatoms. The Kier molecular flexibility index (Phi) is 8.17. The summed E-state index contributed by atoms with van der Waals surface area (Å²) in [6.45, 7) is 2.29. The fraction of sp³-hybridized carbons (Fsp3) is 0.417. The number of rotatable bonds is 4. The molecule has 1 aromatic rings. The Morgan fingerprint density at radius 3 is 2.47 bits per heavy atom. The molecular weight excluding hydrogens is 327 g/mol. The molecule has 108 valence electrons. The Morgan fingerprint density at radius 1 is 1.42 bits per heavy atom. The third-order valence-corrected chi connectivity index (χ3v) is 4.31. The van der Waals surface area contributed by atoms with E-state index in [1.807, 2.05) is 13.2 Å². The van der Waals surface area contributed by atoms with Crippen LogP contribution in [0.2, 0.25) is 10.0 Å². The molecule has 0 saturated carbocycles. The second-order valence-electron chi connectivity index (χ2n) is 3.97. The van der Waals surface area contributed by atoms with Crippen LogP contribution in [0.15, 0.2) is 17.0 Å². The minimum absolute atomic E-state index is 0. The zero-order chi connectivity index (χ0) is 13.9. The molecule has 0 bridgehead atoms. The third kappa shape index (κ3) is 4.43. The van der Waals surface area contributed by atoms with Crippen molar-refractivity contribution in [2.24, 2.45) is 5.73 Å². The highest BCUT2D eigenvalue weighted by Gasteiger charge is 2.20. The van der Waals surface area contributed by atoms with Crippen LogP contribution >= 0.6 is 47.4 Å². The van der Waals surface area contributed by atoms with Gasteiger partial charge in [0, 0.05) is 24.5 Å². The maximum absolute atomic E-state index is 12.3. The van der Waals surface area contributed by atoms with Crippen molar-refractivity contribution in [2.75, 3.05) is 19.8 Å². The highest BCUT2D eigenvalue weighted by atomic mass is 35.5. The molecule has 0 aliphatic heterocycles. The van der Waals surface area contributed by atoms with Gasteiger partial charge in [0.05, 0.1) is 15.6 Å². The van der Waals surface area contributed by atoms with Crippen molar-refractivity contribution >= 4 is 53.3 Å². The first-order valence-corrected chi connectivity index (χ1v) is 7.40. The van der Waals surface area contributed by atoms with Crippen LogP contribution in [0.5, 0.6) is 0 Å². The summed E-state index contributed by atoms with van der Waals surface area (Å²) in [5.41, 5.74) is 6.01. The van der Waals surface area contributed by atoms with Crippen LogP contribution in [0, 0.1) is 0 Å². The Bertz CT molecular complexity index is 457. The summed E-state index contributed by atoms with van der Waals surface area (Å²) in [6.07, 6.45) is 1.90. The number of carbonyl (C=O) groups is 1. The predicted molar refractivity (Wildman–Crippen MR) is 86.1 cm³/mol. The largest absolute Gasteiger partial charge is 0.338 e. The van der Waals surface area contributed by atoms with Crippen LogP contribution in [-0.2, 0) is 0 Å². The number of carbonyl (C=O) groups excluding carboxylic acids is 1. The van der Waals surface area contributed by atoms with Gasteiger partial charge in [0.25, 0.3) is 5.91 Å². The van der Waals surface area contributed by atoms with Crippen molar-refractivity contribution in [2.45, 2.75) is 17.9 Å². The summed E-state index contributed by atoms with van der Waals surface area (Å²) in [6, 6.07) is 3.28. The topological polar surface area (TPSA) is 46.3 Å². The fourth-order valence-corrected chi connectivity index (χ4v) is 2.58. The molecule has 1 aromatic carbocycles. The van der Waals surface area contributed by atoms with Crippen LogP contribution in [-0.4, -0.2) is 36.7 Å². The lowest BCUT2D eigenvalue weighted by Gasteiger charge is -2.24. The van der Waals surface area contributed by atoms with Gasteiger partial charge in [0.15, 0.2) is 0 Å². The Balaban J connectivity index is 0.00000324. The maximum Gasteiger partial charge on any atom is 0.255 e. The van der Waals surface area contributed by atoms with E-state index in [-0.39, 0.29) is 24.4 Å². The van der Waals surface area contributed by atoms with Crippen molar-refractivity contribution in [1.82, 2.24) is 4.90 Å². The molecule has 0 fully saturated rings. The zero-order valence-electron chi connectivity index (χ0n) is 10.9. The summed E-state index contributed by atoms with van der Waals surface area (Å²) in [5, 5.41) is 0.914. The molecule has 0 aliphatic rings. The van der Waals surface area contributed by atoms with E-state index in [2.05, 4.69) is 0 Å². The standard InChI is InChI=1S/C12H16Cl2N2OS.ClH/c1-7(6-15)16(2)12(17)8-4-11(18-3)10(14)5-9(8)13;/h4-5,7H,6,15H2,1-3H3;1H. The molecule has 1 amide bonds. The van der Waals surface area contributed by atoms with Crippen molar-refractivity contribution in [3.63, 3.8) is 0 Å². The molecule has 19 heavy (non-hydrogen) atoms. The monoisotopic (exact) mass is 342 g/mol. The van der Waals surface area contributed by atoms with Crippen LogP contribution in [0.3, 0.4) is 0 Å². The number of hydrogen-bond donors (Lipinski definition) is 1. The Hall–Kier alpha value is -0.130. The minimum Gasteiger partial charge on any atom is -0.338 e.